The van der Waals surface area contributed by atoms with Gasteiger partial charge in [-0.1, -0.05) is 17.4 Å². The molecule has 0 atom stereocenters. The standard InChI is InChI=1S/C17H16N2O3S.BrH/c1-21-12-8-6-11(7-9-12)13(20)10-18-17-19-16-14(22-2)4-3-5-15(16)23-17;/h3-9H,10H2,1-2H3,(H,18,19);1H. The Morgan fingerprint density at radius 3 is 2.54 bits per heavy atom. The van der Waals surface area contributed by atoms with Gasteiger partial charge in [-0.3, -0.25) is 4.79 Å². The molecule has 0 bridgehead atoms. The second kappa shape index (κ2) is 8.12. The summed E-state index contributed by atoms with van der Waals surface area (Å²) in [6.45, 7) is 0.189. The van der Waals surface area contributed by atoms with Crippen molar-refractivity contribution in [2.75, 3.05) is 26.1 Å². The molecule has 0 saturated carbocycles. The number of nitrogens with one attached hydrogen (secondary N) is 1. The number of hydrogen-bond donors (Lipinski definition) is 1. The molecule has 1 heterocycles. The molecular formula is C17H17BrN2O3S. The van der Waals surface area contributed by atoms with Gasteiger partial charge in [0.25, 0.3) is 0 Å². The van der Waals surface area contributed by atoms with E-state index in [2.05, 4.69) is 10.3 Å². The smallest absolute Gasteiger partial charge is 0.184 e. The lowest BCUT2D eigenvalue weighted by Gasteiger charge is -2.04. The summed E-state index contributed by atoms with van der Waals surface area (Å²) in [5.41, 5.74) is 1.44. The summed E-state index contributed by atoms with van der Waals surface area (Å²) >= 11 is 1.50. The van der Waals surface area contributed by atoms with Gasteiger partial charge >= 0.3 is 0 Å². The zero-order valence-corrected chi connectivity index (χ0v) is 15.8. The van der Waals surface area contributed by atoms with Crippen LogP contribution in [0, 0.1) is 0 Å². The van der Waals surface area contributed by atoms with Gasteiger partial charge < -0.3 is 14.8 Å². The SMILES string of the molecule is Br.COc1ccc(C(=O)CNc2nc3c(OC)cccc3s2)cc1. The zero-order chi connectivity index (χ0) is 16.2. The number of methoxy groups -OCH3 is 2. The normalized spacial score (nSPS) is 10.1. The highest BCUT2D eigenvalue weighted by atomic mass is 79.9. The molecule has 7 heteroatoms. The van der Waals surface area contributed by atoms with Gasteiger partial charge in [0.05, 0.1) is 25.5 Å². The van der Waals surface area contributed by atoms with Crippen LogP contribution in [0.3, 0.4) is 0 Å². The number of fused-ring (bicyclic) bond motifs is 1. The summed E-state index contributed by atoms with van der Waals surface area (Å²) in [6, 6.07) is 12.8. The number of nitrogens with zero attached hydrogens (tertiary/aromatic N) is 1. The van der Waals surface area contributed by atoms with Gasteiger partial charge in [-0.25, -0.2) is 4.98 Å². The van der Waals surface area contributed by atoms with E-state index in [-0.39, 0.29) is 29.3 Å². The first-order valence-electron chi connectivity index (χ1n) is 7.06. The third kappa shape index (κ3) is 3.85. The summed E-state index contributed by atoms with van der Waals surface area (Å²) in [5, 5.41) is 3.78. The Kier molecular flexibility index (Phi) is 6.16. The maximum Gasteiger partial charge on any atom is 0.184 e. The van der Waals surface area contributed by atoms with Crippen LogP contribution in [0.1, 0.15) is 10.4 Å². The fraction of sp³-hybridized carbons (Fsp3) is 0.176. The summed E-state index contributed by atoms with van der Waals surface area (Å²) in [5.74, 6) is 1.46. The molecule has 0 spiro atoms. The minimum atomic E-state index is -0.00104. The van der Waals surface area contributed by atoms with E-state index in [0.29, 0.717) is 10.7 Å². The molecule has 2 aromatic carbocycles. The van der Waals surface area contributed by atoms with Crippen molar-refractivity contribution < 1.29 is 14.3 Å². The largest absolute Gasteiger partial charge is 0.497 e. The minimum absolute atomic E-state index is 0. The van der Waals surface area contributed by atoms with E-state index in [1.807, 2.05) is 18.2 Å². The van der Waals surface area contributed by atoms with Crippen molar-refractivity contribution in [3.8, 4) is 11.5 Å². The molecule has 126 valence electrons. The fourth-order valence-corrected chi connectivity index (χ4v) is 3.08. The Morgan fingerprint density at radius 2 is 1.88 bits per heavy atom. The van der Waals surface area contributed by atoms with Gasteiger partial charge in [-0.15, -0.1) is 17.0 Å². The summed E-state index contributed by atoms with van der Waals surface area (Å²) in [4.78, 5) is 16.7. The predicted octanol–water partition coefficient (Wildman–Crippen LogP) is 4.19. The average Bonchev–Trinajstić information content (AvgIpc) is 3.02. The Bertz CT molecular complexity index is 833. The van der Waals surface area contributed by atoms with Crippen molar-refractivity contribution in [2.45, 2.75) is 0 Å². The van der Waals surface area contributed by atoms with Crippen molar-refractivity contribution in [1.82, 2.24) is 4.98 Å². The van der Waals surface area contributed by atoms with Gasteiger partial charge in [0.15, 0.2) is 10.9 Å². The number of thiazole rings is 1. The highest BCUT2D eigenvalue weighted by Crippen LogP contribution is 2.31. The van der Waals surface area contributed by atoms with E-state index in [1.165, 1.54) is 11.3 Å². The highest BCUT2D eigenvalue weighted by Gasteiger charge is 2.10. The Balaban J connectivity index is 0.00000208. The number of aromatic nitrogens is 1. The minimum Gasteiger partial charge on any atom is -0.497 e. The van der Waals surface area contributed by atoms with Gasteiger partial charge in [-0.05, 0) is 36.4 Å². The maximum atomic E-state index is 12.2. The molecule has 1 N–H and O–H groups in total. The first-order chi connectivity index (χ1) is 11.2. The van der Waals surface area contributed by atoms with Gasteiger partial charge in [0.2, 0.25) is 0 Å². The molecule has 1 aromatic heterocycles. The first kappa shape index (κ1) is 18.2. The van der Waals surface area contributed by atoms with E-state index in [9.17, 15) is 4.79 Å². The molecule has 0 aliphatic heterocycles. The highest BCUT2D eigenvalue weighted by molar-refractivity contribution is 8.93. The van der Waals surface area contributed by atoms with Crippen molar-refractivity contribution >= 4 is 49.4 Å². The fourth-order valence-electron chi connectivity index (χ4n) is 2.20. The third-order valence-corrected chi connectivity index (χ3v) is 4.39. The topological polar surface area (TPSA) is 60.5 Å². The van der Waals surface area contributed by atoms with E-state index in [1.54, 1.807) is 38.5 Å². The molecule has 0 amide bonds. The number of halogens is 1. The van der Waals surface area contributed by atoms with Gasteiger partial charge in [0.1, 0.15) is 17.0 Å². The molecule has 3 rings (SSSR count). The van der Waals surface area contributed by atoms with Crippen LogP contribution in [0.5, 0.6) is 11.5 Å². The lowest BCUT2D eigenvalue weighted by Crippen LogP contribution is -2.13. The summed E-state index contributed by atoms with van der Waals surface area (Å²) < 4.78 is 11.4. The number of carbonyl (C=O) groups is 1. The van der Waals surface area contributed by atoms with Crippen LogP contribution < -0.4 is 14.8 Å². The van der Waals surface area contributed by atoms with Crippen LogP contribution in [-0.2, 0) is 0 Å². The van der Waals surface area contributed by atoms with Crippen LogP contribution in [0.15, 0.2) is 42.5 Å². The van der Waals surface area contributed by atoms with Crippen molar-refractivity contribution in [2.24, 2.45) is 0 Å². The molecule has 3 aromatic rings. The second-order valence-electron chi connectivity index (χ2n) is 4.83. The molecule has 0 fully saturated rings. The number of ether oxygens (including phenoxy) is 2. The lowest BCUT2D eigenvalue weighted by atomic mass is 10.1. The molecular weight excluding hydrogens is 392 g/mol. The molecule has 0 aliphatic rings. The molecule has 24 heavy (non-hydrogen) atoms. The zero-order valence-electron chi connectivity index (χ0n) is 13.2. The number of rotatable bonds is 6. The summed E-state index contributed by atoms with van der Waals surface area (Å²) in [7, 11) is 3.22. The average molecular weight is 409 g/mol. The molecule has 5 nitrogen and oxygen atoms in total. The predicted molar refractivity (Wildman–Crippen MR) is 102 cm³/mol. The lowest BCUT2D eigenvalue weighted by molar-refractivity contribution is 0.101. The van der Waals surface area contributed by atoms with Crippen LogP contribution in [0.2, 0.25) is 0 Å². The Morgan fingerprint density at radius 1 is 1.12 bits per heavy atom. The number of anilines is 1. The van der Waals surface area contributed by atoms with Crippen LogP contribution in [-0.4, -0.2) is 31.5 Å². The quantitative estimate of drug-likeness (QED) is 0.619. The van der Waals surface area contributed by atoms with Gasteiger partial charge in [0, 0.05) is 5.56 Å². The number of para-hydroxylation sites is 1. The van der Waals surface area contributed by atoms with Crippen molar-refractivity contribution in [3.05, 3.63) is 48.0 Å². The monoisotopic (exact) mass is 408 g/mol. The Hall–Kier alpha value is -2.12. The molecule has 0 saturated heterocycles. The number of Topliss-reactive ketones (excluding diaryl/α,β-unsaturated/α-hetero) is 1. The number of hydrogen-bond acceptors (Lipinski definition) is 6. The number of carbonyl (C=O) groups excluding carboxylic acids is 1. The maximum absolute atomic E-state index is 12.2. The molecule has 0 unspecified atom stereocenters. The van der Waals surface area contributed by atoms with Crippen molar-refractivity contribution in [3.63, 3.8) is 0 Å². The second-order valence-corrected chi connectivity index (χ2v) is 5.86. The van der Waals surface area contributed by atoms with E-state index < -0.39 is 0 Å². The Labute approximate surface area is 154 Å². The van der Waals surface area contributed by atoms with Gasteiger partial charge in [-0.2, -0.15) is 0 Å². The molecule has 0 aliphatic carbocycles. The number of benzene rings is 2. The first-order valence-corrected chi connectivity index (χ1v) is 7.87. The van der Waals surface area contributed by atoms with E-state index in [0.717, 1.165) is 21.7 Å². The van der Waals surface area contributed by atoms with Crippen molar-refractivity contribution in [1.29, 1.82) is 0 Å². The molecule has 0 radical (unpaired) electrons. The summed E-state index contributed by atoms with van der Waals surface area (Å²) in [6.07, 6.45) is 0. The number of ketones is 1. The van der Waals surface area contributed by atoms with Crippen LogP contribution in [0.4, 0.5) is 5.13 Å². The van der Waals surface area contributed by atoms with Crippen LogP contribution in [0.25, 0.3) is 10.2 Å². The third-order valence-electron chi connectivity index (χ3n) is 3.41. The van der Waals surface area contributed by atoms with E-state index in [4.69, 9.17) is 9.47 Å². The van der Waals surface area contributed by atoms with Crippen LogP contribution >= 0.6 is 28.3 Å². The van der Waals surface area contributed by atoms with E-state index >= 15 is 0 Å².